The van der Waals surface area contributed by atoms with Crippen molar-refractivity contribution in [2.24, 2.45) is 0 Å². The average molecular weight is 274 g/mol. The Morgan fingerprint density at radius 3 is 2.53 bits per heavy atom. The minimum atomic E-state index is -4.36. The van der Waals surface area contributed by atoms with E-state index in [1.54, 1.807) is 6.92 Å². The summed E-state index contributed by atoms with van der Waals surface area (Å²) >= 11 is 0. The summed E-state index contributed by atoms with van der Waals surface area (Å²) in [5, 5.41) is 11.3. The molecular weight excluding hydrogens is 261 g/mol. The van der Waals surface area contributed by atoms with E-state index >= 15 is 0 Å². The molecule has 19 heavy (non-hydrogen) atoms. The first kappa shape index (κ1) is 13.6. The second kappa shape index (κ2) is 4.40. The molecule has 0 spiro atoms. The summed E-state index contributed by atoms with van der Waals surface area (Å²) in [5.41, 5.74) is -1.56. The summed E-state index contributed by atoms with van der Waals surface area (Å²) in [7, 11) is 0. The summed E-state index contributed by atoms with van der Waals surface area (Å²) in [5.74, 6) is -1.22. The minimum Gasteiger partial charge on any atom is -0.478 e. The molecule has 104 valence electrons. The van der Waals surface area contributed by atoms with E-state index < -0.39 is 17.7 Å². The number of rotatable bonds is 4. The summed E-state index contributed by atoms with van der Waals surface area (Å²) < 4.78 is 38.4. The third kappa shape index (κ3) is 2.64. The number of aromatic nitrogens is 1. The molecule has 0 aliphatic heterocycles. The van der Waals surface area contributed by atoms with Gasteiger partial charge in [-0.25, -0.2) is 9.78 Å². The standard InChI is InChI=1S/C12H13F3N2O2/c1-2-8-5-7(10(18)19)6-9(16-8)17-11(3-4-11)12(13,14)15/h5-6H,2-4H2,1H3,(H,16,17)(H,18,19). The van der Waals surface area contributed by atoms with Crippen molar-refractivity contribution in [3.63, 3.8) is 0 Å². The van der Waals surface area contributed by atoms with E-state index in [1.807, 2.05) is 0 Å². The van der Waals surface area contributed by atoms with Crippen LogP contribution in [-0.4, -0.2) is 27.8 Å². The molecule has 1 heterocycles. The van der Waals surface area contributed by atoms with Crippen LogP contribution in [0.2, 0.25) is 0 Å². The van der Waals surface area contributed by atoms with Crippen LogP contribution in [0.1, 0.15) is 35.8 Å². The first-order chi connectivity index (χ1) is 8.77. The average Bonchev–Trinajstić information content (AvgIpc) is 3.08. The Labute approximate surface area is 107 Å². The van der Waals surface area contributed by atoms with Gasteiger partial charge in [-0.3, -0.25) is 0 Å². The second-order valence-electron chi connectivity index (χ2n) is 4.60. The van der Waals surface area contributed by atoms with E-state index in [2.05, 4.69) is 10.3 Å². The lowest BCUT2D eigenvalue weighted by molar-refractivity contribution is -0.151. The lowest BCUT2D eigenvalue weighted by Gasteiger charge is -2.21. The number of anilines is 1. The number of carbonyl (C=O) groups is 1. The normalized spacial score (nSPS) is 17.1. The van der Waals surface area contributed by atoms with Crippen LogP contribution in [0.15, 0.2) is 12.1 Å². The number of halogens is 3. The number of hydrogen-bond donors (Lipinski definition) is 2. The molecule has 1 aliphatic rings. The molecule has 0 bridgehead atoms. The highest BCUT2D eigenvalue weighted by Crippen LogP contribution is 2.51. The topological polar surface area (TPSA) is 62.2 Å². The van der Waals surface area contributed by atoms with Gasteiger partial charge in [0.05, 0.1) is 5.56 Å². The Balaban J connectivity index is 2.30. The predicted molar refractivity (Wildman–Crippen MR) is 62.2 cm³/mol. The van der Waals surface area contributed by atoms with E-state index in [4.69, 9.17) is 5.11 Å². The van der Waals surface area contributed by atoms with Crippen molar-refractivity contribution in [2.45, 2.75) is 37.9 Å². The van der Waals surface area contributed by atoms with Crippen LogP contribution in [-0.2, 0) is 6.42 Å². The van der Waals surface area contributed by atoms with Crippen LogP contribution >= 0.6 is 0 Å². The number of nitrogens with zero attached hydrogens (tertiary/aromatic N) is 1. The van der Waals surface area contributed by atoms with Crippen LogP contribution in [0.3, 0.4) is 0 Å². The fourth-order valence-corrected chi connectivity index (χ4v) is 1.81. The fraction of sp³-hybridized carbons (Fsp3) is 0.500. The lowest BCUT2D eigenvalue weighted by atomic mass is 10.2. The minimum absolute atomic E-state index is 0.0169. The SMILES string of the molecule is CCc1cc(C(=O)O)cc(NC2(C(F)(F)F)CC2)n1. The van der Waals surface area contributed by atoms with Crippen molar-refractivity contribution in [3.05, 3.63) is 23.4 Å². The Morgan fingerprint density at radius 2 is 2.11 bits per heavy atom. The largest absolute Gasteiger partial charge is 0.478 e. The molecule has 7 heteroatoms. The zero-order chi connectivity index (χ0) is 14.3. The van der Waals surface area contributed by atoms with Gasteiger partial charge in [0.25, 0.3) is 0 Å². The number of carboxylic acid groups (broad SMARTS) is 1. The molecule has 4 nitrogen and oxygen atoms in total. The molecule has 2 rings (SSSR count). The molecule has 0 saturated heterocycles. The van der Waals surface area contributed by atoms with Gasteiger partial charge in [-0.15, -0.1) is 0 Å². The predicted octanol–water partition coefficient (Wildman–Crippen LogP) is 2.85. The van der Waals surface area contributed by atoms with Crippen LogP contribution < -0.4 is 5.32 Å². The highest BCUT2D eigenvalue weighted by Gasteiger charge is 2.63. The number of nitrogens with one attached hydrogen (secondary N) is 1. The van der Waals surface area contributed by atoms with Gasteiger partial charge < -0.3 is 10.4 Å². The zero-order valence-electron chi connectivity index (χ0n) is 10.2. The Hall–Kier alpha value is -1.79. The molecule has 2 N–H and O–H groups in total. The molecule has 1 aliphatic carbocycles. The van der Waals surface area contributed by atoms with Gasteiger partial charge in [-0.1, -0.05) is 6.92 Å². The van der Waals surface area contributed by atoms with Gasteiger partial charge in [0.1, 0.15) is 11.4 Å². The van der Waals surface area contributed by atoms with E-state index in [1.165, 1.54) is 6.07 Å². The molecule has 0 unspecified atom stereocenters. The third-order valence-electron chi connectivity index (χ3n) is 3.15. The highest BCUT2D eigenvalue weighted by molar-refractivity contribution is 5.88. The van der Waals surface area contributed by atoms with Gasteiger partial charge >= 0.3 is 12.1 Å². The summed E-state index contributed by atoms with van der Waals surface area (Å²) in [6.07, 6.45) is -3.94. The maximum atomic E-state index is 12.8. The first-order valence-electron chi connectivity index (χ1n) is 5.86. The van der Waals surface area contributed by atoms with Crippen LogP contribution in [0.25, 0.3) is 0 Å². The van der Waals surface area contributed by atoms with Crippen LogP contribution in [0.5, 0.6) is 0 Å². The van der Waals surface area contributed by atoms with Crippen molar-refractivity contribution in [1.29, 1.82) is 0 Å². The van der Waals surface area contributed by atoms with E-state index in [0.29, 0.717) is 12.1 Å². The van der Waals surface area contributed by atoms with E-state index in [0.717, 1.165) is 6.07 Å². The number of alkyl halides is 3. The van der Waals surface area contributed by atoms with E-state index in [9.17, 15) is 18.0 Å². The van der Waals surface area contributed by atoms with Gasteiger partial charge in [0, 0.05) is 5.69 Å². The van der Waals surface area contributed by atoms with Gasteiger partial charge in [-0.05, 0) is 31.4 Å². The summed E-state index contributed by atoms with van der Waals surface area (Å²) in [6, 6.07) is 2.49. The fourth-order valence-electron chi connectivity index (χ4n) is 1.81. The number of aromatic carboxylic acids is 1. The Kier molecular flexibility index (Phi) is 3.15. The van der Waals surface area contributed by atoms with Crippen molar-refractivity contribution in [3.8, 4) is 0 Å². The monoisotopic (exact) mass is 274 g/mol. The van der Waals surface area contributed by atoms with Crippen molar-refractivity contribution in [1.82, 2.24) is 4.98 Å². The Bertz CT molecular complexity index is 510. The quantitative estimate of drug-likeness (QED) is 0.886. The van der Waals surface area contributed by atoms with Crippen molar-refractivity contribution in [2.75, 3.05) is 5.32 Å². The molecule has 1 fully saturated rings. The van der Waals surface area contributed by atoms with Gasteiger partial charge in [0.2, 0.25) is 0 Å². The smallest absolute Gasteiger partial charge is 0.411 e. The molecule has 1 saturated carbocycles. The molecule has 0 atom stereocenters. The van der Waals surface area contributed by atoms with E-state index in [-0.39, 0.29) is 24.2 Å². The molecule has 0 amide bonds. The maximum Gasteiger partial charge on any atom is 0.411 e. The number of aryl methyl sites for hydroxylation is 1. The van der Waals surface area contributed by atoms with Crippen LogP contribution in [0, 0.1) is 0 Å². The summed E-state index contributed by atoms with van der Waals surface area (Å²) in [6.45, 7) is 1.76. The maximum absolute atomic E-state index is 12.8. The lowest BCUT2D eigenvalue weighted by Crippen LogP contribution is -2.39. The molecule has 1 aromatic heterocycles. The molecule has 0 radical (unpaired) electrons. The van der Waals surface area contributed by atoms with Gasteiger partial charge in [-0.2, -0.15) is 13.2 Å². The second-order valence-corrected chi connectivity index (χ2v) is 4.60. The molecule has 1 aromatic rings. The highest BCUT2D eigenvalue weighted by atomic mass is 19.4. The zero-order valence-corrected chi connectivity index (χ0v) is 10.2. The number of carboxylic acids is 1. The molecule has 0 aromatic carbocycles. The summed E-state index contributed by atoms with van der Waals surface area (Å²) in [4.78, 5) is 14.9. The molecular formula is C12H13F3N2O2. The van der Waals surface area contributed by atoms with Crippen molar-refractivity contribution < 1.29 is 23.1 Å². The van der Waals surface area contributed by atoms with Gasteiger partial charge in [0.15, 0.2) is 0 Å². The number of pyridine rings is 1. The first-order valence-corrected chi connectivity index (χ1v) is 5.86. The number of hydrogen-bond acceptors (Lipinski definition) is 3. The van der Waals surface area contributed by atoms with Crippen LogP contribution in [0.4, 0.5) is 19.0 Å². The Morgan fingerprint density at radius 1 is 1.47 bits per heavy atom. The van der Waals surface area contributed by atoms with Crippen molar-refractivity contribution >= 4 is 11.8 Å². The third-order valence-corrected chi connectivity index (χ3v) is 3.15.